The predicted octanol–water partition coefficient (Wildman–Crippen LogP) is 3.13. The van der Waals surface area contributed by atoms with Crippen LogP contribution in [0.5, 0.6) is 0 Å². The lowest BCUT2D eigenvalue weighted by molar-refractivity contribution is -0.175. The number of esters is 2. The van der Waals surface area contributed by atoms with Crippen molar-refractivity contribution in [3.05, 3.63) is 0 Å². The van der Waals surface area contributed by atoms with Crippen molar-refractivity contribution < 1.29 is 59.7 Å². The summed E-state index contributed by atoms with van der Waals surface area (Å²) in [6.45, 7) is 1.77. The zero-order chi connectivity index (χ0) is 23.7. The summed E-state index contributed by atoms with van der Waals surface area (Å²) in [6, 6.07) is 0. The number of halogens is 6. The smallest absolute Gasteiger partial charge is 0.391 e. The highest BCUT2D eigenvalue weighted by Crippen LogP contribution is 2.28. The molecule has 30 heavy (non-hydrogen) atoms. The third-order valence-electron chi connectivity index (χ3n) is 3.79. The fourth-order valence-corrected chi connectivity index (χ4v) is 2.57. The van der Waals surface area contributed by atoms with Gasteiger partial charge in [-0.15, -0.1) is 0 Å². The molecule has 0 spiro atoms. The van der Waals surface area contributed by atoms with E-state index in [1.807, 2.05) is 0 Å². The molecule has 0 N–H and O–H groups in total. The van der Waals surface area contributed by atoms with Crippen LogP contribution in [-0.4, -0.2) is 68.7 Å². The molecule has 7 nitrogen and oxygen atoms in total. The van der Waals surface area contributed by atoms with Gasteiger partial charge in [0, 0.05) is 40.9 Å². The maximum atomic E-state index is 12.7. The molecule has 4 atom stereocenters. The minimum absolute atomic E-state index is 0.747. The number of rotatable bonds is 12. The second-order valence-electron chi connectivity index (χ2n) is 6.42. The van der Waals surface area contributed by atoms with Crippen molar-refractivity contribution in [1.82, 2.24) is 0 Å². The standard InChI is InChI=1S/C17H24F6O7/c1-9(24)29-13(5-11(27-3)7-16(18,19)20)15(26)14(30-10(2)25)6-12(28-4)8-17(21,22)23/h11-14H,5-8H2,1-4H3/t11?,12?,13-,14-/m1/s1. The minimum Gasteiger partial charge on any atom is -0.454 e. The van der Waals surface area contributed by atoms with Crippen LogP contribution in [0.1, 0.15) is 39.5 Å². The maximum Gasteiger partial charge on any atom is 0.391 e. The molecule has 0 aromatic rings. The van der Waals surface area contributed by atoms with E-state index in [0.29, 0.717) is 0 Å². The zero-order valence-electron chi connectivity index (χ0n) is 16.8. The molecule has 0 aromatic heterocycles. The minimum atomic E-state index is -4.66. The van der Waals surface area contributed by atoms with Gasteiger partial charge in [-0.1, -0.05) is 0 Å². The van der Waals surface area contributed by atoms with Crippen molar-refractivity contribution >= 4 is 17.7 Å². The van der Waals surface area contributed by atoms with Crippen molar-refractivity contribution in [2.24, 2.45) is 0 Å². The first-order chi connectivity index (χ1) is 13.6. The highest BCUT2D eigenvalue weighted by Gasteiger charge is 2.40. The molecule has 0 fully saturated rings. The quantitative estimate of drug-likeness (QED) is 0.331. The van der Waals surface area contributed by atoms with Gasteiger partial charge in [-0.05, 0) is 0 Å². The fraction of sp³-hybridized carbons (Fsp3) is 0.824. The van der Waals surface area contributed by atoms with Gasteiger partial charge >= 0.3 is 24.3 Å². The van der Waals surface area contributed by atoms with Gasteiger partial charge in [0.2, 0.25) is 5.78 Å². The number of ether oxygens (including phenoxy) is 4. The zero-order valence-corrected chi connectivity index (χ0v) is 16.8. The summed E-state index contributed by atoms with van der Waals surface area (Å²) in [5, 5.41) is 0. The molecule has 0 radical (unpaired) electrons. The summed E-state index contributed by atoms with van der Waals surface area (Å²) >= 11 is 0. The monoisotopic (exact) mass is 454 g/mol. The second-order valence-corrected chi connectivity index (χ2v) is 6.42. The number of methoxy groups -OCH3 is 2. The Bertz CT molecular complexity index is 528. The average Bonchev–Trinajstić information content (AvgIpc) is 2.55. The normalized spacial score (nSPS) is 16.3. The average molecular weight is 454 g/mol. The van der Waals surface area contributed by atoms with Gasteiger partial charge in [-0.3, -0.25) is 14.4 Å². The Labute approximate surface area is 169 Å². The largest absolute Gasteiger partial charge is 0.454 e. The van der Waals surface area contributed by atoms with E-state index in [4.69, 9.17) is 9.47 Å². The van der Waals surface area contributed by atoms with Gasteiger partial charge in [-0.2, -0.15) is 26.3 Å². The molecule has 0 saturated heterocycles. The van der Waals surface area contributed by atoms with Crippen LogP contribution in [0.25, 0.3) is 0 Å². The second kappa shape index (κ2) is 12.1. The molecule has 0 heterocycles. The lowest BCUT2D eigenvalue weighted by atomic mass is 9.97. The Balaban J connectivity index is 5.64. The topological polar surface area (TPSA) is 88.1 Å². The van der Waals surface area contributed by atoms with E-state index >= 15 is 0 Å². The van der Waals surface area contributed by atoms with Crippen LogP contribution in [-0.2, 0) is 33.3 Å². The van der Waals surface area contributed by atoms with E-state index in [1.165, 1.54) is 0 Å². The Morgan fingerprint density at radius 2 is 1.00 bits per heavy atom. The van der Waals surface area contributed by atoms with E-state index in [9.17, 15) is 40.7 Å². The van der Waals surface area contributed by atoms with Gasteiger partial charge in [0.15, 0.2) is 12.2 Å². The predicted molar refractivity (Wildman–Crippen MR) is 88.3 cm³/mol. The number of hydrogen-bond acceptors (Lipinski definition) is 7. The van der Waals surface area contributed by atoms with Crippen molar-refractivity contribution in [3.8, 4) is 0 Å². The van der Waals surface area contributed by atoms with Crippen LogP contribution in [0, 0.1) is 0 Å². The highest BCUT2D eigenvalue weighted by atomic mass is 19.4. The number of alkyl halides is 6. The maximum absolute atomic E-state index is 12.7. The summed E-state index contributed by atoms with van der Waals surface area (Å²) in [5.41, 5.74) is 0. The van der Waals surface area contributed by atoms with Crippen LogP contribution in [0.15, 0.2) is 0 Å². The number of Topliss-reactive ketones (excluding diaryl/α,β-unsaturated/α-hetero) is 1. The summed E-state index contributed by atoms with van der Waals surface area (Å²) in [4.78, 5) is 35.3. The van der Waals surface area contributed by atoms with Gasteiger partial charge in [-0.25, -0.2) is 0 Å². The first-order valence-corrected chi connectivity index (χ1v) is 8.65. The summed E-state index contributed by atoms with van der Waals surface area (Å²) in [5.74, 6) is -3.25. The summed E-state index contributed by atoms with van der Waals surface area (Å²) in [7, 11) is 1.89. The Kier molecular flexibility index (Phi) is 11.3. The Hall–Kier alpha value is -1.89. The third kappa shape index (κ3) is 12.6. The molecule has 0 aliphatic rings. The molecule has 2 unspecified atom stereocenters. The van der Waals surface area contributed by atoms with Gasteiger partial charge < -0.3 is 18.9 Å². The Morgan fingerprint density at radius 3 is 1.20 bits per heavy atom. The van der Waals surface area contributed by atoms with E-state index in [2.05, 4.69) is 9.47 Å². The van der Waals surface area contributed by atoms with Crippen LogP contribution in [0.4, 0.5) is 26.3 Å². The lowest BCUT2D eigenvalue weighted by Gasteiger charge is -2.27. The molecule has 0 aromatic carbocycles. The molecular formula is C17H24F6O7. The molecule has 176 valence electrons. The SMILES string of the molecule is COC(C[C@@H](OC(C)=O)C(=O)[C@@H](CC(CC(F)(F)F)OC)OC(C)=O)CC(F)(F)F. The van der Waals surface area contributed by atoms with Crippen molar-refractivity contribution in [2.75, 3.05) is 14.2 Å². The third-order valence-corrected chi connectivity index (χ3v) is 3.79. The summed E-state index contributed by atoms with van der Waals surface area (Å²) < 4.78 is 94.7. The number of carbonyl (C=O) groups is 3. The van der Waals surface area contributed by atoms with E-state index < -0.39 is 80.2 Å². The van der Waals surface area contributed by atoms with Crippen LogP contribution < -0.4 is 0 Å². The first kappa shape index (κ1) is 28.1. The molecular weight excluding hydrogens is 430 g/mol. The van der Waals surface area contributed by atoms with Gasteiger partial charge in [0.25, 0.3) is 0 Å². The molecule has 0 rings (SSSR count). The number of ketones is 1. The van der Waals surface area contributed by atoms with Crippen molar-refractivity contribution in [1.29, 1.82) is 0 Å². The fourth-order valence-electron chi connectivity index (χ4n) is 2.57. The molecule has 0 aliphatic heterocycles. The van der Waals surface area contributed by atoms with E-state index in [-0.39, 0.29) is 0 Å². The molecule has 0 bridgehead atoms. The van der Waals surface area contributed by atoms with Crippen LogP contribution >= 0.6 is 0 Å². The summed E-state index contributed by atoms with van der Waals surface area (Å²) in [6.07, 6.45) is -20.6. The molecule has 0 amide bonds. The molecule has 0 saturated carbocycles. The molecule has 0 aliphatic carbocycles. The lowest BCUT2D eigenvalue weighted by Crippen LogP contribution is -2.42. The van der Waals surface area contributed by atoms with E-state index in [0.717, 1.165) is 28.1 Å². The first-order valence-electron chi connectivity index (χ1n) is 8.65. The van der Waals surface area contributed by atoms with Gasteiger partial charge in [0.05, 0.1) is 25.0 Å². The van der Waals surface area contributed by atoms with Crippen LogP contribution in [0.2, 0.25) is 0 Å². The van der Waals surface area contributed by atoms with Crippen molar-refractivity contribution in [2.45, 2.75) is 76.3 Å². The highest BCUT2D eigenvalue weighted by molar-refractivity contribution is 5.90. The van der Waals surface area contributed by atoms with Gasteiger partial charge in [0.1, 0.15) is 0 Å². The van der Waals surface area contributed by atoms with Crippen molar-refractivity contribution in [3.63, 3.8) is 0 Å². The van der Waals surface area contributed by atoms with E-state index in [1.54, 1.807) is 0 Å². The number of carbonyl (C=O) groups excluding carboxylic acids is 3. The Morgan fingerprint density at radius 1 is 0.700 bits per heavy atom. The van der Waals surface area contributed by atoms with Crippen LogP contribution in [0.3, 0.4) is 0 Å². The number of hydrogen-bond donors (Lipinski definition) is 0. The molecule has 13 heteroatoms.